The summed E-state index contributed by atoms with van der Waals surface area (Å²) >= 11 is 1.84. The smallest absolute Gasteiger partial charge is 0.191 e. The molecule has 0 radical (unpaired) electrons. The van der Waals surface area contributed by atoms with Crippen LogP contribution in [0.5, 0.6) is 0 Å². The molecule has 2 aliphatic heterocycles. The summed E-state index contributed by atoms with van der Waals surface area (Å²) in [4.78, 5) is 9.59. The number of hydrogen-bond acceptors (Lipinski definition) is 4. The lowest BCUT2D eigenvalue weighted by Crippen LogP contribution is -2.50. The predicted octanol–water partition coefficient (Wildman–Crippen LogP) is 4.16. The molecule has 7 heteroatoms. The van der Waals surface area contributed by atoms with Crippen molar-refractivity contribution in [2.24, 2.45) is 4.99 Å². The number of hydrogen-bond donors (Lipinski definition) is 2. The van der Waals surface area contributed by atoms with Gasteiger partial charge in [0.15, 0.2) is 5.96 Å². The van der Waals surface area contributed by atoms with Crippen LogP contribution in [0.25, 0.3) is 0 Å². The Morgan fingerprint density at radius 2 is 1.87 bits per heavy atom. The van der Waals surface area contributed by atoms with Gasteiger partial charge in [-0.2, -0.15) is 0 Å². The number of rotatable bonds is 6. The Labute approximate surface area is 202 Å². The van der Waals surface area contributed by atoms with Crippen LogP contribution in [0.2, 0.25) is 0 Å². The number of guanidine groups is 1. The SMILES string of the molecule is CN=C(NCC1CCCN1Cc1ccccc1)NC1CCN(c2cccs2)CC1.I. The lowest BCUT2D eigenvalue weighted by molar-refractivity contribution is 0.245. The highest BCUT2D eigenvalue weighted by Crippen LogP contribution is 2.25. The lowest BCUT2D eigenvalue weighted by Gasteiger charge is -2.34. The monoisotopic (exact) mass is 539 g/mol. The quantitative estimate of drug-likeness (QED) is 0.329. The number of nitrogens with one attached hydrogen (secondary N) is 2. The summed E-state index contributed by atoms with van der Waals surface area (Å²) in [6.07, 6.45) is 4.85. The fourth-order valence-electron chi connectivity index (χ4n) is 4.45. The summed E-state index contributed by atoms with van der Waals surface area (Å²) in [6, 6.07) is 16.3. The molecule has 1 aromatic carbocycles. The number of likely N-dealkylation sites (tertiary alicyclic amines) is 1. The first-order valence-electron chi connectivity index (χ1n) is 10.9. The summed E-state index contributed by atoms with van der Waals surface area (Å²) in [5.41, 5.74) is 1.40. The third-order valence-corrected chi connectivity index (χ3v) is 7.04. The van der Waals surface area contributed by atoms with E-state index in [2.05, 4.69) is 73.3 Å². The van der Waals surface area contributed by atoms with E-state index in [9.17, 15) is 0 Å². The number of halogens is 1. The maximum absolute atomic E-state index is 4.49. The van der Waals surface area contributed by atoms with Crippen LogP contribution in [0.3, 0.4) is 0 Å². The van der Waals surface area contributed by atoms with Gasteiger partial charge in [0.25, 0.3) is 0 Å². The van der Waals surface area contributed by atoms with Gasteiger partial charge in [-0.05, 0) is 55.3 Å². The molecular formula is C23H34IN5S. The zero-order valence-corrected chi connectivity index (χ0v) is 20.9. The van der Waals surface area contributed by atoms with Gasteiger partial charge >= 0.3 is 0 Å². The van der Waals surface area contributed by atoms with E-state index in [0.717, 1.165) is 45.0 Å². The molecule has 0 aliphatic carbocycles. The summed E-state index contributed by atoms with van der Waals surface area (Å²) in [5, 5.41) is 10.8. The van der Waals surface area contributed by atoms with Gasteiger partial charge in [0.05, 0.1) is 5.00 Å². The Hall–Kier alpha value is -1.32. The van der Waals surface area contributed by atoms with Crippen LogP contribution < -0.4 is 15.5 Å². The van der Waals surface area contributed by atoms with E-state index >= 15 is 0 Å². The molecule has 0 spiro atoms. The van der Waals surface area contributed by atoms with Gasteiger partial charge in [-0.25, -0.2) is 0 Å². The third-order valence-electron chi connectivity index (χ3n) is 6.11. The van der Waals surface area contributed by atoms with Crippen molar-refractivity contribution in [2.45, 2.75) is 44.3 Å². The number of aliphatic imine (C=N–C) groups is 1. The van der Waals surface area contributed by atoms with Gasteiger partial charge in [0.1, 0.15) is 0 Å². The van der Waals surface area contributed by atoms with E-state index in [-0.39, 0.29) is 24.0 Å². The molecule has 2 aliphatic rings. The van der Waals surface area contributed by atoms with E-state index in [1.807, 2.05) is 18.4 Å². The normalized spacial score (nSPS) is 20.8. The minimum absolute atomic E-state index is 0. The molecule has 1 aromatic heterocycles. The zero-order valence-electron chi connectivity index (χ0n) is 17.8. The molecule has 164 valence electrons. The second-order valence-corrected chi connectivity index (χ2v) is 8.99. The Morgan fingerprint density at radius 1 is 1.07 bits per heavy atom. The largest absolute Gasteiger partial charge is 0.363 e. The molecule has 0 bridgehead atoms. The molecule has 0 amide bonds. The lowest BCUT2D eigenvalue weighted by atomic mass is 10.1. The Balaban J connectivity index is 0.00000256. The molecule has 2 N–H and O–H groups in total. The summed E-state index contributed by atoms with van der Waals surface area (Å²) < 4.78 is 0. The van der Waals surface area contributed by atoms with Crippen molar-refractivity contribution in [3.8, 4) is 0 Å². The van der Waals surface area contributed by atoms with E-state index < -0.39 is 0 Å². The average molecular weight is 540 g/mol. The fraction of sp³-hybridized carbons (Fsp3) is 0.522. The highest BCUT2D eigenvalue weighted by molar-refractivity contribution is 14.0. The van der Waals surface area contributed by atoms with Gasteiger partial charge < -0.3 is 15.5 Å². The molecule has 1 unspecified atom stereocenters. The molecule has 2 aromatic rings. The Kier molecular flexibility index (Phi) is 9.27. The minimum atomic E-state index is 0. The van der Waals surface area contributed by atoms with E-state index in [1.165, 1.54) is 30.0 Å². The number of anilines is 1. The van der Waals surface area contributed by atoms with Crippen molar-refractivity contribution >= 4 is 46.3 Å². The summed E-state index contributed by atoms with van der Waals surface area (Å²) in [7, 11) is 1.88. The second kappa shape index (κ2) is 11.9. The van der Waals surface area contributed by atoms with Crippen molar-refractivity contribution in [3.05, 3.63) is 53.4 Å². The number of thiophene rings is 1. The standard InChI is InChI=1S/C23H33N5S.HI/c1-24-23(26-20-11-14-27(15-12-20)22-10-6-16-29-22)25-17-21-9-5-13-28(21)18-19-7-3-2-4-8-19;/h2-4,6-8,10,16,20-21H,5,9,11-15,17-18H2,1H3,(H2,24,25,26);1H. The Morgan fingerprint density at radius 3 is 2.57 bits per heavy atom. The first kappa shape index (κ1) is 23.3. The van der Waals surface area contributed by atoms with Crippen LogP contribution >= 0.6 is 35.3 Å². The Bertz CT molecular complexity index is 759. The van der Waals surface area contributed by atoms with Gasteiger partial charge in [-0.15, -0.1) is 35.3 Å². The molecular weight excluding hydrogens is 505 g/mol. The van der Waals surface area contributed by atoms with Crippen molar-refractivity contribution in [2.75, 3.05) is 38.1 Å². The fourth-order valence-corrected chi connectivity index (χ4v) is 5.23. The minimum Gasteiger partial charge on any atom is -0.363 e. The average Bonchev–Trinajstić information content (AvgIpc) is 3.45. The van der Waals surface area contributed by atoms with Crippen molar-refractivity contribution < 1.29 is 0 Å². The molecule has 0 saturated carbocycles. The van der Waals surface area contributed by atoms with Gasteiger partial charge in [-0.1, -0.05) is 30.3 Å². The van der Waals surface area contributed by atoms with Crippen LogP contribution in [0.1, 0.15) is 31.2 Å². The van der Waals surface area contributed by atoms with Crippen LogP contribution in [-0.2, 0) is 6.54 Å². The van der Waals surface area contributed by atoms with Gasteiger partial charge in [0.2, 0.25) is 0 Å². The highest BCUT2D eigenvalue weighted by atomic mass is 127. The molecule has 3 heterocycles. The van der Waals surface area contributed by atoms with Crippen LogP contribution in [0.15, 0.2) is 52.8 Å². The maximum Gasteiger partial charge on any atom is 0.191 e. The van der Waals surface area contributed by atoms with Gasteiger partial charge in [-0.3, -0.25) is 9.89 Å². The van der Waals surface area contributed by atoms with Crippen LogP contribution in [0, 0.1) is 0 Å². The second-order valence-electron chi connectivity index (χ2n) is 8.06. The predicted molar refractivity (Wildman–Crippen MR) is 139 cm³/mol. The molecule has 2 saturated heterocycles. The van der Waals surface area contributed by atoms with E-state index in [4.69, 9.17) is 0 Å². The molecule has 4 rings (SSSR count). The summed E-state index contributed by atoms with van der Waals surface area (Å²) in [6.45, 7) is 5.42. The topological polar surface area (TPSA) is 42.9 Å². The number of piperidine rings is 1. The first-order chi connectivity index (χ1) is 14.3. The summed E-state index contributed by atoms with van der Waals surface area (Å²) in [5.74, 6) is 0.950. The van der Waals surface area contributed by atoms with Gasteiger partial charge in [0, 0.05) is 45.3 Å². The van der Waals surface area contributed by atoms with Crippen LogP contribution in [0.4, 0.5) is 5.00 Å². The molecule has 5 nitrogen and oxygen atoms in total. The number of benzene rings is 1. The van der Waals surface area contributed by atoms with Crippen molar-refractivity contribution in [1.29, 1.82) is 0 Å². The van der Waals surface area contributed by atoms with E-state index in [1.54, 1.807) is 0 Å². The molecule has 1 atom stereocenters. The first-order valence-corrected chi connectivity index (χ1v) is 11.7. The van der Waals surface area contributed by atoms with Crippen molar-refractivity contribution in [3.63, 3.8) is 0 Å². The van der Waals surface area contributed by atoms with Crippen LogP contribution in [-0.4, -0.2) is 56.2 Å². The highest BCUT2D eigenvalue weighted by Gasteiger charge is 2.25. The molecule has 30 heavy (non-hydrogen) atoms. The number of nitrogens with zero attached hydrogens (tertiary/aromatic N) is 3. The third kappa shape index (κ3) is 6.34. The zero-order chi connectivity index (χ0) is 19.9. The van der Waals surface area contributed by atoms with Crippen molar-refractivity contribution in [1.82, 2.24) is 15.5 Å². The van der Waals surface area contributed by atoms with E-state index in [0.29, 0.717) is 12.1 Å². The molecule has 2 fully saturated rings. The maximum atomic E-state index is 4.49.